The highest BCUT2D eigenvalue weighted by Gasteiger charge is 2.25. The standard InChI is InChI=1S/C11H18N2O3/c1-11(2,3)16-10(15)13-6-4-5-8(7-13)9(12)14/h5H,4,6-7H2,1-3H3,(H2,12,14). The van der Waals surface area contributed by atoms with Gasteiger partial charge in [-0.2, -0.15) is 0 Å². The average molecular weight is 226 g/mol. The van der Waals surface area contributed by atoms with E-state index in [4.69, 9.17) is 10.5 Å². The first-order valence-electron chi connectivity index (χ1n) is 5.26. The number of nitrogens with two attached hydrogens (primary N) is 1. The summed E-state index contributed by atoms with van der Waals surface area (Å²) in [5.41, 5.74) is 5.12. The van der Waals surface area contributed by atoms with Gasteiger partial charge in [-0.15, -0.1) is 0 Å². The molecule has 1 aliphatic rings. The van der Waals surface area contributed by atoms with Crippen LogP contribution in [0.4, 0.5) is 4.79 Å². The number of hydrogen-bond acceptors (Lipinski definition) is 3. The smallest absolute Gasteiger partial charge is 0.410 e. The molecule has 0 radical (unpaired) electrons. The van der Waals surface area contributed by atoms with E-state index in [2.05, 4.69) is 0 Å². The van der Waals surface area contributed by atoms with Crippen molar-refractivity contribution < 1.29 is 14.3 Å². The Bertz CT molecular complexity index is 329. The number of amides is 2. The second-order valence-electron chi connectivity index (χ2n) is 4.78. The Morgan fingerprint density at radius 3 is 2.56 bits per heavy atom. The first kappa shape index (κ1) is 12.5. The summed E-state index contributed by atoms with van der Waals surface area (Å²) < 4.78 is 5.21. The Morgan fingerprint density at radius 1 is 1.44 bits per heavy atom. The lowest BCUT2D eigenvalue weighted by Gasteiger charge is -2.29. The van der Waals surface area contributed by atoms with Crippen LogP contribution in [-0.4, -0.2) is 35.6 Å². The van der Waals surface area contributed by atoms with Crippen LogP contribution in [-0.2, 0) is 9.53 Å². The molecular weight excluding hydrogens is 208 g/mol. The highest BCUT2D eigenvalue weighted by atomic mass is 16.6. The quantitative estimate of drug-likeness (QED) is 0.726. The topological polar surface area (TPSA) is 72.6 Å². The molecule has 0 saturated heterocycles. The van der Waals surface area contributed by atoms with Gasteiger partial charge in [0.15, 0.2) is 0 Å². The maximum absolute atomic E-state index is 11.7. The minimum absolute atomic E-state index is 0.240. The van der Waals surface area contributed by atoms with Gasteiger partial charge in [-0.3, -0.25) is 4.79 Å². The molecule has 0 atom stereocenters. The summed E-state index contributed by atoms with van der Waals surface area (Å²) in [4.78, 5) is 24.2. The first-order chi connectivity index (χ1) is 7.29. The van der Waals surface area contributed by atoms with Crippen molar-refractivity contribution in [2.45, 2.75) is 32.8 Å². The summed E-state index contributed by atoms with van der Waals surface area (Å²) in [6.07, 6.45) is 2.00. The summed E-state index contributed by atoms with van der Waals surface area (Å²) in [5.74, 6) is -0.478. The Kier molecular flexibility index (Phi) is 3.57. The number of primary amides is 1. The van der Waals surface area contributed by atoms with Crippen molar-refractivity contribution in [1.29, 1.82) is 0 Å². The summed E-state index contributed by atoms with van der Waals surface area (Å²) in [5, 5.41) is 0. The van der Waals surface area contributed by atoms with E-state index in [1.165, 1.54) is 4.90 Å². The lowest BCUT2D eigenvalue weighted by Crippen LogP contribution is -2.41. The Hall–Kier alpha value is -1.52. The average Bonchev–Trinajstić information content (AvgIpc) is 2.15. The van der Waals surface area contributed by atoms with Gasteiger partial charge in [0.05, 0.1) is 6.54 Å². The predicted octanol–water partition coefficient (Wildman–Crippen LogP) is 1.04. The third-order valence-electron chi connectivity index (χ3n) is 2.12. The molecule has 90 valence electrons. The molecule has 0 fully saturated rings. The second-order valence-corrected chi connectivity index (χ2v) is 4.78. The Balaban J connectivity index is 2.60. The molecule has 5 heteroatoms. The lowest BCUT2D eigenvalue weighted by molar-refractivity contribution is -0.114. The molecule has 2 N–H and O–H groups in total. The van der Waals surface area contributed by atoms with Crippen LogP contribution in [0.5, 0.6) is 0 Å². The zero-order chi connectivity index (χ0) is 12.3. The predicted molar refractivity (Wildman–Crippen MR) is 59.7 cm³/mol. The van der Waals surface area contributed by atoms with Gasteiger partial charge in [0.2, 0.25) is 5.91 Å². The number of carbonyl (C=O) groups is 2. The number of carbonyl (C=O) groups excluding carboxylic acids is 2. The summed E-state index contributed by atoms with van der Waals surface area (Å²) in [6, 6.07) is 0. The van der Waals surface area contributed by atoms with Gasteiger partial charge in [0, 0.05) is 12.1 Å². The van der Waals surface area contributed by atoms with Crippen molar-refractivity contribution in [3.05, 3.63) is 11.6 Å². The molecule has 1 aliphatic heterocycles. The van der Waals surface area contributed by atoms with Crippen LogP contribution in [0.15, 0.2) is 11.6 Å². The summed E-state index contributed by atoms with van der Waals surface area (Å²) in [7, 11) is 0. The molecule has 0 aromatic rings. The fraction of sp³-hybridized carbons (Fsp3) is 0.636. The molecule has 0 spiro atoms. The molecule has 0 aromatic heterocycles. The van der Waals surface area contributed by atoms with Gasteiger partial charge in [0.25, 0.3) is 0 Å². The maximum atomic E-state index is 11.7. The third kappa shape index (κ3) is 3.56. The number of hydrogen-bond donors (Lipinski definition) is 1. The molecular formula is C11H18N2O3. The lowest BCUT2D eigenvalue weighted by atomic mass is 10.1. The van der Waals surface area contributed by atoms with Crippen molar-refractivity contribution in [2.24, 2.45) is 5.73 Å². The van der Waals surface area contributed by atoms with Gasteiger partial charge in [-0.1, -0.05) is 6.08 Å². The van der Waals surface area contributed by atoms with E-state index in [1.54, 1.807) is 26.8 Å². The third-order valence-corrected chi connectivity index (χ3v) is 2.12. The van der Waals surface area contributed by atoms with Crippen LogP contribution in [0, 0.1) is 0 Å². The van der Waals surface area contributed by atoms with Crippen molar-refractivity contribution in [2.75, 3.05) is 13.1 Å². The van der Waals surface area contributed by atoms with Gasteiger partial charge in [0.1, 0.15) is 5.60 Å². The molecule has 0 aliphatic carbocycles. The van der Waals surface area contributed by atoms with Gasteiger partial charge in [-0.05, 0) is 27.2 Å². The maximum Gasteiger partial charge on any atom is 0.410 e. The van der Waals surface area contributed by atoms with E-state index in [1.807, 2.05) is 0 Å². The normalized spacial score (nSPS) is 16.7. The fourth-order valence-electron chi connectivity index (χ4n) is 1.40. The molecule has 5 nitrogen and oxygen atoms in total. The van der Waals surface area contributed by atoms with E-state index < -0.39 is 17.6 Å². The molecule has 0 bridgehead atoms. The molecule has 1 heterocycles. The minimum Gasteiger partial charge on any atom is -0.444 e. The van der Waals surface area contributed by atoms with E-state index in [-0.39, 0.29) is 6.54 Å². The van der Waals surface area contributed by atoms with Gasteiger partial charge >= 0.3 is 6.09 Å². The first-order valence-corrected chi connectivity index (χ1v) is 5.26. The van der Waals surface area contributed by atoms with Gasteiger partial charge < -0.3 is 15.4 Å². The van der Waals surface area contributed by atoms with Gasteiger partial charge in [-0.25, -0.2) is 4.79 Å². The fourth-order valence-corrected chi connectivity index (χ4v) is 1.40. The molecule has 1 rings (SSSR count). The molecule has 0 unspecified atom stereocenters. The van der Waals surface area contributed by atoms with Crippen molar-refractivity contribution in [1.82, 2.24) is 4.90 Å². The monoisotopic (exact) mass is 226 g/mol. The number of rotatable bonds is 1. The largest absolute Gasteiger partial charge is 0.444 e. The SMILES string of the molecule is CC(C)(C)OC(=O)N1CCC=C(C(N)=O)C1. The molecule has 0 saturated carbocycles. The Labute approximate surface area is 95.2 Å². The summed E-state index contributed by atoms with van der Waals surface area (Å²) >= 11 is 0. The zero-order valence-electron chi connectivity index (χ0n) is 9.95. The van der Waals surface area contributed by atoms with Crippen molar-refractivity contribution in [3.8, 4) is 0 Å². The van der Waals surface area contributed by atoms with E-state index >= 15 is 0 Å². The molecule has 0 aromatic carbocycles. The molecule has 2 amide bonds. The van der Waals surface area contributed by atoms with Crippen LogP contribution in [0.1, 0.15) is 27.2 Å². The highest BCUT2D eigenvalue weighted by molar-refractivity contribution is 5.93. The highest BCUT2D eigenvalue weighted by Crippen LogP contribution is 2.14. The van der Waals surface area contributed by atoms with Crippen molar-refractivity contribution >= 4 is 12.0 Å². The van der Waals surface area contributed by atoms with Crippen LogP contribution < -0.4 is 5.73 Å². The summed E-state index contributed by atoms with van der Waals surface area (Å²) in [6.45, 7) is 6.22. The Morgan fingerprint density at radius 2 is 2.06 bits per heavy atom. The number of nitrogens with zero attached hydrogens (tertiary/aromatic N) is 1. The number of ether oxygens (including phenoxy) is 1. The van der Waals surface area contributed by atoms with Crippen molar-refractivity contribution in [3.63, 3.8) is 0 Å². The molecule has 16 heavy (non-hydrogen) atoms. The minimum atomic E-state index is -0.523. The van der Waals surface area contributed by atoms with E-state index in [0.717, 1.165) is 0 Å². The van der Waals surface area contributed by atoms with E-state index in [0.29, 0.717) is 18.5 Å². The van der Waals surface area contributed by atoms with E-state index in [9.17, 15) is 9.59 Å². The van der Waals surface area contributed by atoms with Crippen LogP contribution in [0.25, 0.3) is 0 Å². The van der Waals surface area contributed by atoms with Crippen LogP contribution in [0.2, 0.25) is 0 Å². The van der Waals surface area contributed by atoms with Crippen LogP contribution >= 0.6 is 0 Å². The second kappa shape index (κ2) is 4.55. The van der Waals surface area contributed by atoms with Crippen LogP contribution in [0.3, 0.4) is 0 Å². The zero-order valence-corrected chi connectivity index (χ0v) is 9.95.